The van der Waals surface area contributed by atoms with E-state index in [0.717, 1.165) is 19.5 Å². The predicted molar refractivity (Wildman–Crippen MR) is 77.2 cm³/mol. The molecule has 2 aliphatic rings. The lowest BCUT2D eigenvalue weighted by atomic mass is 10.0. The molecule has 0 aromatic heterocycles. The van der Waals surface area contributed by atoms with Gasteiger partial charge in [-0.3, -0.25) is 4.79 Å². The minimum absolute atomic E-state index is 0.0538. The quantitative estimate of drug-likeness (QED) is 0.758. The first kappa shape index (κ1) is 16.0. The highest BCUT2D eigenvalue weighted by Crippen LogP contribution is 2.20. The van der Waals surface area contributed by atoms with E-state index >= 15 is 0 Å². The zero-order valence-electron chi connectivity index (χ0n) is 12.6. The summed E-state index contributed by atoms with van der Waals surface area (Å²) >= 11 is 0. The summed E-state index contributed by atoms with van der Waals surface area (Å²) < 4.78 is 5.61. The number of carboxylic acids is 1. The van der Waals surface area contributed by atoms with Crippen molar-refractivity contribution in [2.75, 3.05) is 46.4 Å². The maximum absolute atomic E-state index is 12.1. The molecular formula is C14H25N3O4. The number of aliphatic carboxylic acids is 1. The second kappa shape index (κ2) is 7.61. The van der Waals surface area contributed by atoms with Gasteiger partial charge in [-0.25, -0.2) is 4.79 Å². The van der Waals surface area contributed by atoms with Gasteiger partial charge < -0.3 is 25.0 Å². The first-order valence-corrected chi connectivity index (χ1v) is 7.59. The Labute approximate surface area is 125 Å². The van der Waals surface area contributed by atoms with Crippen molar-refractivity contribution in [2.24, 2.45) is 5.92 Å². The van der Waals surface area contributed by atoms with Crippen LogP contribution in [0.5, 0.6) is 0 Å². The van der Waals surface area contributed by atoms with E-state index in [1.165, 1.54) is 0 Å². The predicted octanol–water partition coefficient (Wildman–Crippen LogP) is 0.213. The summed E-state index contributed by atoms with van der Waals surface area (Å²) in [4.78, 5) is 26.6. The van der Waals surface area contributed by atoms with Crippen LogP contribution in [0.1, 0.15) is 19.3 Å². The average molecular weight is 299 g/mol. The lowest BCUT2D eigenvalue weighted by molar-refractivity contribution is -0.137. The fourth-order valence-corrected chi connectivity index (χ4v) is 2.88. The summed E-state index contributed by atoms with van der Waals surface area (Å²) in [6.45, 7) is 4.37. The van der Waals surface area contributed by atoms with Crippen LogP contribution in [-0.4, -0.2) is 79.4 Å². The standard InChI is InChI=1S/C14H25N3O4/c1-16-6-7-21-12(10-16)8-15-14(20)17-5-4-11(9-17)2-3-13(18)19/h11-12H,2-10H2,1H3,(H,15,20)(H,18,19). The number of ether oxygens (including phenoxy) is 1. The number of amides is 2. The highest BCUT2D eigenvalue weighted by atomic mass is 16.5. The van der Waals surface area contributed by atoms with Gasteiger partial charge in [-0.1, -0.05) is 0 Å². The third kappa shape index (κ3) is 5.17. The largest absolute Gasteiger partial charge is 0.481 e. The second-order valence-corrected chi connectivity index (χ2v) is 5.97. The van der Waals surface area contributed by atoms with Crippen molar-refractivity contribution in [1.29, 1.82) is 0 Å². The molecule has 0 aromatic rings. The fourth-order valence-electron chi connectivity index (χ4n) is 2.88. The van der Waals surface area contributed by atoms with Crippen molar-refractivity contribution in [3.05, 3.63) is 0 Å². The fraction of sp³-hybridized carbons (Fsp3) is 0.857. The molecule has 7 heteroatoms. The van der Waals surface area contributed by atoms with Gasteiger partial charge in [0.25, 0.3) is 0 Å². The number of hydrogen-bond donors (Lipinski definition) is 2. The topological polar surface area (TPSA) is 82.1 Å². The average Bonchev–Trinajstić information content (AvgIpc) is 2.91. The van der Waals surface area contributed by atoms with Crippen LogP contribution in [-0.2, 0) is 9.53 Å². The number of morpholine rings is 1. The smallest absolute Gasteiger partial charge is 0.317 e. The van der Waals surface area contributed by atoms with Crippen LogP contribution in [0, 0.1) is 5.92 Å². The minimum Gasteiger partial charge on any atom is -0.481 e. The van der Waals surface area contributed by atoms with E-state index in [2.05, 4.69) is 10.2 Å². The molecule has 2 atom stereocenters. The first-order chi connectivity index (χ1) is 10.0. The summed E-state index contributed by atoms with van der Waals surface area (Å²) in [6, 6.07) is -0.0651. The Hall–Kier alpha value is -1.34. The summed E-state index contributed by atoms with van der Waals surface area (Å²) in [5, 5.41) is 11.6. The van der Waals surface area contributed by atoms with Gasteiger partial charge in [0.1, 0.15) is 0 Å². The molecule has 0 aromatic carbocycles. The van der Waals surface area contributed by atoms with Gasteiger partial charge in [0.15, 0.2) is 0 Å². The lowest BCUT2D eigenvalue weighted by Gasteiger charge is -2.30. The third-order valence-electron chi connectivity index (χ3n) is 4.16. The molecule has 7 nitrogen and oxygen atoms in total. The van der Waals surface area contributed by atoms with Gasteiger partial charge in [0.2, 0.25) is 0 Å². The second-order valence-electron chi connectivity index (χ2n) is 5.97. The van der Waals surface area contributed by atoms with E-state index in [-0.39, 0.29) is 18.6 Å². The summed E-state index contributed by atoms with van der Waals surface area (Å²) in [5.74, 6) is -0.458. The molecule has 2 fully saturated rings. The number of carbonyl (C=O) groups is 2. The molecule has 2 heterocycles. The molecule has 0 bridgehead atoms. The van der Waals surface area contributed by atoms with Gasteiger partial charge in [-0.05, 0) is 25.8 Å². The minimum atomic E-state index is -0.767. The molecule has 0 radical (unpaired) electrons. The van der Waals surface area contributed by atoms with E-state index in [4.69, 9.17) is 9.84 Å². The number of urea groups is 1. The number of likely N-dealkylation sites (N-methyl/N-ethyl adjacent to an activating group) is 1. The number of likely N-dealkylation sites (tertiary alicyclic amines) is 1. The first-order valence-electron chi connectivity index (χ1n) is 7.59. The maximum atomic E-state index is 12.1. The summed E-state index contributed by atoms with van der Waals surface area (Å²) in [5.41, 5.74) is 0. The SMILES string of the molecule is CN1CCOC(CNC(=O)N2CCC(CCC(=O)O)C2)C1. The van der Waals surface area contributed by atoms with Crippen LogP contribution in [0.2, 0.25) is 0 Å². The van der Waals surface area contributed by atoms with Gasteiger partial charge >= 0.3 is 12.0 Å². The van der Waals surface area contributed by atoms with Gasteiger partial charge in [-0.2, -0.15) is 0 Å². The Morgan fingerprint density at radius 1 is 1.33 bits per heavy atom. The van der Waals surface area contributed by atoms with Crippen LogP contribution in [0.25, 0.3) is 0 Å². The zero-order valence-corrected chi connectivity index (χ0v) is 12.6. The van der Waals surface area contributed by atoms with Gasteiger partial charge in [0, 0.05) is 39.1 Å². The number of carboxylic acid groups (broad SMARTS) is 1. The molecule has 0 aliphatic carbocycles. The van der Waals surface area contributed by atoms with Crippen LogP contribution in [0.15, 0.2) is 0 Å². The molecule has 2 aliphatic heterocycles. The normalized spacial score (nSPS) is 26.8. The van der Waals surface area contributed by atoms with Crippen molar-refractivity contribution < 1.29 is 19.4 Å². The summed E-state index contributed by atoms with van der Waals surface area (Å²) in [7, 11) is 2.05. The monoisotopic (exact) mass is 299 g/mol. The van der Waals surface area contributed by atoms with Gasteiger partial charge in [0.05, 0.1) is 12.7 Å². The highest BCUT2D eigenvalue weighted by Gasteiger charge is 2.27. The number of carbonyl (C=O) groups excluding carboxylic acids is 1. The number of nitrogens with zero attached hydrogens (tertiary/aromatic N) is 2. The number of hydrogen-bond acceptors (Lipinski definition) is 4. The molecule has 2 unspecified atom stereocenters. The highest BCUT2D eigenvalue weighted by molar-refractivity contribution is 5.74. The Bertz CT molecular complexity index is 377. The molecular weight excluding hydrogens is 274 g/mol. The van der Waals surface area contributed by atoms with Gasteiger partial charge in [-0.15, -0.1) is 0 Å². The molecule has 0 saturated carbocycles. The molecule has 2 N–H and O–H groups in total. The lowest BCUT2D eigenvalue weighted by Crippen LogP contribution is -2.48. The zero-order chi connectivity index (χ0) is 15.2. The Morgan fingerprint density at radius 2 is 2.14 bits per heavy atom. The molecule has 2 amide bonds. The van der Waals surface area contributed by atoms with E-state index in [9.17, 15) is 9.59 Å². The van der Waals surface area contributed by atoms with E-state index in [0.29, 0.717) is 38.6 Å². The van der Waals surface area contributed by atoms with Crippen molar-refractivity contribution in [1.82, 2.24) is 15.1 Å². The number of nitrogens with one attached hydrogen (secondary N) is 1. The van der Waals surface area contributed by atoms with Crippen LogP contribution >= 0.6 is 0 Å². The van der Waals surface area contributed by atoms with Crippen LogP contribution in [0.4, 0.5) is 4.79 Å². The van der Waals surface area contributed by atoms with Crippen LogP contribution < -0.4 is 5.32 Å². The Balaban J connectivity index is 1.66. The van der Waals surface area contributed by atoms with Crippen LogP contribution in [0.3, 0.4) is 0 Å². The van der Waals surface area contributed by atoms with E-state index < -0.39 is 5.97 Å². The third-order valence-corrected chi connectivity index (χ3v) is 4.16. The van der Waals surface area contributed by atoms with E-state index in [1.54, 1.807) is 4.90 Å². The molecule has 2 rings (SSSR count). The molecule has 21 heavy (non-hydrogen) atoms. The molecule has 120 valence electrons. The Morgan fingerprint density at radius 3 is 2.86 bits per heavy atom. The Kier molecular flexibility index (Phi) is 5.81. The van der Waals surface area contributed by atoms with Crippen molar-refractivity contribution >= 4 is 12.0 Å². The van der Waals surface area contributed by atoms with Crippen molar-refractivity contribution in [3.8, 4) is 0 Å². The number of rotatable bonds is 5. The maximum Gasteiger partial charge on any atom is 0.317 e. The summed E-state index contributed by atoms with van der Waals surface area (Å²) in [6.07, 6.45) is 1.78. The van der Waals surface area contributed by atoms with E-state index in [1.807, 2.05) is 7.05 Å². The van der Waals surface area contributed by atoms with Crippen molar-refractivity contribution in [2.45, 2.75) is 25.4 Å². The molecule has 2 saturated heterocycles. The molecule has 0 spiro atoms. The van der Waals surface area contributed by atoms with Crippen molar-refractivity contribution in [3.63, 3.8) is 0 Å².